The molecular formula is C20H18Cl2N4O. The first-order chi connectivity index (χ1) is 13.1. The molecule has 0 bridgehead atoms. The highest BCUT2D eigenvalue weighted by Crippen LogP contribution is 2.31. The number of fused-ring (bicyclic) bond motifs is 1. The van der Waals surface area contributed by atoms with Crippen molar-refractivity contribution in [3.8, 4) is 0 Å². The summed E-state index contributed by atoms with van der Waals surface area (Å²) in [6.07, 6.45) is 4.91. The molecule has 0 atom stereocenters. The molecule has 1 aromatic carbocycles. The lowest BCUT2D eigenvalue weighted by Gasteiger charge is -2.33. The molecule has 27 heavy (non-hydrogen) atoms. The predicted molar refractivity (Wildman–Crippen MR) is 110 cm³/mol. The molecular weight excluding hydrogens is 383 g/mol. The summed E-state index contributed by atoms with van der Waals surface area (Å²) in [4.78, 5) is 23.4. The molecule has 0 spiro atoms. The summed E-state index contributed by atoms with van der Waals surface area (Å²) < 4.78 is 0. The molecule has 3 heterocycles. The molecule has 1 aliphatic heterocycles. The van der Waals surface area contributed by atoms with E-state index in [-0.39, 0.29) is 11.8 Å². The SMILES string of the molecule is O=C(Nc1ccc(Cl)cn1)C1CCN(c2ccnc3cc(Cl)ccc23)CC1. The molecule has 5 nitrogen and oxygen atoms in total. The van der Waals surface area contributed by atoms with E-state index < -0.39 is 0 Å². The van der Waals surface area contributed by atoms with Gasteiger partial charge in [-0.1, -0.05) is 23.2 Å². The van der Waals surface area contributed by atoms with Crippen LogP contribution in [0.15, 0.2) is 48.8 Å². The number of pyridine rings is 2. The lowest BCUT2D eigenvalue weighted by atomic mass is 9.95. The Bertz CT molecular complexity index is 969. The minimum Gasteiger partial charge on any atom is -0.371 e. The number of benzene rings is 1. The van der Waals surface area contributed by atoms with E-state index in [1.165, 1.54) is 6.20 Å². The lowest BCUT2D eigenvalue weighted by molar-refractivity contribution is -0.120. The Morgan fingerprint density at radius 2 is 1.81 bits per heavy atom. The van der Waals surface area contributed by atoms with Crippen molar-refractivity contribution in [2.24, 2.45) is 5.92 Å². The minimum absolute atomic E-state index is 0.0100. The van der Waals surface area contributed by atoms with Crippen molar-refractivity contribution in [1.29, 1.82) is 0 Å². The fraction of sp³-hybridized carbons (Fsp3) is 0.250. The fourth-order valence-corrected chi connectivity index (χ4v) is 3.72. The Morgan fingerprint density at radius 1 is 1.04 bits per heavy atom. The Morgan fingerprint density at radius 3 is 2.56 bits per heavy atom. The highest BCUT2D eigenvalue weighted by molar-refractivity contribution is 6.31. The number of anilines is 2. The second kappa shape index (κ2) is 7.71. The standard InChI is InChI=1S/C20H18Cl2N4O/c21-14-1-3-16-17(11-14)23-8-5-18(16)26-9-6-13(7-10-26)20(27)25-19-4-2-15(22)12-24-19/h1-5,8,11-13H,6-7,9-10H2,(H,24,25,27). The highest BCUT2D eigenvalue weighted by Gasteiger charge is 2.26. The van der Waals surface area contributed by atoms with Gasteiger partial charge < -0.3 is 10.2 Å². The maximum atomic E-state index is 12.5. The van der Waals surface area contributed by atoms with Crippen LogP contribution in [0.1, 0.15) is 12.8 Å². The molecule has 1 aliphatic rings. The normalized spacial score (nSPS) is 15.1. The maximum absolute atomic E-state index is 12.5. The number of carbonyl (C=O) groups is 1. The molecule has 0 aliphatic carbocycles. The smallest absolute Gasteiger partial charge is 0.228 e. The van der Waals surface area contributed by atoms with Gasteiger partial charge in [0.25, 0.3) is 0 Å². The number of rotatable bonds is 3. The van der Waals surface area contributed by atoms with Crippen LogP contribution in [0.3, 0.4) is 0 Å². The number of piperidine rings is 1. The molecule has 2 aromatic heterocycles. The molecule has 4 rings (SSSR count). The lowest BCUT2D eigenvalue weighted by Crippen LogP contribution is -2.38. The van der Waals surface area contributed by atoms with E-state index in [1.807, 2.05) is 24.3 Å². The molecule has 1 fully saturated rings. The topological polar surface area (TPSA) is 58.1 Å². The van der Waals surface area contributed by atoms with E-state index >= 15 is 0 Å². The monoisotopic (exact) mass is 400 g/mol. The number of amides is 1. The van der Waals surface area contributed by atoms with Crippen LogP contribution in [0.2, 0.25) is 10.0 Å². The van der Waals surface area contributed by atoms with Crippen molar-refractivity contribution in [3.63, 3.8) is 0 Å². The number of halogens is 2. The van der Waals surface area contributed by atoms with Gasteiger partial charge in [-0.2, -0.15) is 0 Å². The van der Waals surface area contributed by atoms with Crippen LogP contribution in [0.5, 0.6) is 0 Å². The molecule has 3 aromatic rings. The van der Waals surface area contributed by atoms with E-state index in [0.29, 0.717) is 15.9 Å². The molecule has 0 saturated carbocycles. The summed E-state index contributed by atoms with van der Waals surface area (Å²) in [6.45, 7) is 1.63. The number of nitrogens with one attached hydrogen (secondary N) is 1. The van der Waals surface area contributed by atoms with Gasteiger partial charge in [0.05, 0.1) is 10.5 Å². The Balaban J connectivity index is 1.43. The maximum Gasteiger partial charge on any atom is 0.228 e. The summed E-state index contributed by atoms with van der Waals surface area (Å²) >= 11 is 11.9. The van der Waals surface area contributed by atoms with Gasteiger partial charge in [0.2, 0.25) is 5.91 Å². The van der Waals surface area contributed by atoms with E-state index in [1.54, 1.807) is 18.3 Å². The van der Waals surface area contributed by atoms with Crippen LogP contribution in [-0.2, 0) is 4.79 Å². The minimum atomic E-state index is -0.0266. The molecule has 1 N–H and O–H groups in total. The second-order valence-electron chi connectivity index (χ2n) is 6.60. The molecule has 1 saturated heterocycles. The van der Waals surface area contributed by atoms with Crippen LogP contribution in [0, 0.1) is 5.92 Å². The van der Waals surface area contributed by atoms with Crippen molar-refractivity contribution >= 4 is 51.5 Å². The predicted octanol–water partition coefficient (Wildman–Crippen LogP) is 4.79. The third-order valence-electron chi connectivity index (χ3n) is 4.87. The summed E-state index contributed by atoms with van der Waals surface area (Å²) in [5, 5.41) is 5.18. The largest absolute Gasteiger partial charge is 0.371 e. The Hall–Kier alpha value is -2.37. The first-order valence-electron chi connectivity index (χ1n) is 8.82. The fourth-order valence-electron chi connectivity index (χ4n) is 3.44. The summed E-state index contributed by atoms with van der Waals surface area (Å²) in [5.41, 5.74) is 2.02. The first kappa shape index (κ1) is 18.0. The zero-order chi connectivity index (χ0) is 18.8. The first-order valence-corrected chi connectivity index (χ1v) is 9.57. The van der Waals surface area contributed by atoms with Crippen LogP contribution < -0.4 is 10.2 Å². The Kier molecular flexibility index (Phi) is 5.14. The van der Waals surface area contributed by atoms with Crippen molar-refractivity contribution in [1.82, 2.24) is 9.97 Å². The highest BCUT2D eigenvalue weighted by atomic mass is 35.5. The van der Waals surface area contributed by atoms with Gasteiger partial charge in [-0.25, -0.2) is 4.98 Å². The van der Waals surface area contributed by atoms with Gasteiger partial charge in [0.1, 0.15) is 5.82 Å². The van der Waals surface area contributed by atoms with Crippen LogP contribution in [-0.4, -0.2) is 29.0 Å². The van der Waals surface area contributed by atoms with Crippen molar-refractivity contribution in [3.05, 3.63) is 58.8 Å². The average Bonchev–Trinajstić information content (AvgIpc) is 2.69. The van der Waals surface area contributed by atoms with Crippen LogP contribution in [0.25, 0.3) is 10.9 Å². The molecule has 0 unspecified atom stereocenters. The third kappa shape index (κ3) is 3.99. The van der Waals surface area contributed by atoms with Gasteiger partial charge in [-0.3, -0.25) is 9.78 Å². The van der Waals surface area contributed by atoms with E-state index in [4.69, 9.17) is 23.2 Å². The molecule has 138 valence electrons. The zero-order valence-electron chi connectivity index (χ0n) is 14.5. The summed E-state index contributed by atoms with van der Waals surface area (Å²) in [6, 6.07) is 11.2. The van der Waals surface area contributed by atoms with E-state index in [0.717, 1.165) is 42.5 Å². The van der Waals surface area contributed by atoms with Gasteiger partial charge in [-0.15, -0.1) is 0 Å². The second-order valence-corrected chi connectivity index (χ2v) is 7.48. The number of nitrogens with zero attached hydrogens (tertiary/aromatic N) is 3. The summed E-state index contributed by atoms with van der Waals surface area (Å²) in [5.74, 6) is 0.515. The average molecular weight is 401 g/mol. The van der Waals surface area contributed by atoms with Crippen LogP contribution >= 0.6 is 23.2 Å². The molecule has 7 heteroatoms. The number of carbonyl (C=O) groups excluding carboxylic acids is 1. The van der Waals surface area contributed by atoms with Gasteiger partial charge in [0, 0.05) is 47.5 Å². The van der Waals surface area contributed by atoms with Crippen molar-refractivity contribution in [2.45, 2.75) is 12.8 Å². The van der Waals surface area contributed by atoms with Gasteiger partial charge >= 0.3 is 0 Å². The van der Waals surface area contributed by atoms with E-state index in [9.17, 15) is 4.79 Å². The van der Waals surface area contributed by atoms with Gasteiger partial charge in [-0.05, 0) is 49.2 Å². The van der Waals surface area contributed by atoms with E-state index in [2.05, 4.69) is 20.2 Å². The van der Waals surface area contributed by atoms with Crippen molar-refractivity contribution in [2.75, 3.05) is 23.3 Å². The van der Waals surface area contributed by atoms with Crippen molar-refractivity contribution < 1.29 is 4.79 Å². The molecule has 0 radical (unpaired) electrons. The van der Waals surface area contributed by atoms with Crippen LogP contribution in [0.4, 0.5) is 11.5 Å². The number of hydrogen-bond donors (Lipinski definition) is 1. The van der Waals surface area contributed by atoms with Gasteiger partial charge in [0.15, 0.2) is 0 Å². The summed E-state index contributed by atoms with van der Waals surface area (Å²) in [7, 11) is 0. The third-order valence-corrected chi connectivity index (χ3v) is 5.33. The number of aromatic nitrogens is 2. The Labute approximate surface area is 167 Å². The number of hydrogen-bond acceptors (Lipinski definition) is 4. The quantitative estimate of drug-likeness (QED) is 0.686. The zero-order valence-corrected chi connectivity index (χ0v) is 16.0. The molecule has 1 amide bonds.